The molecule has 2 unspecified atom stereocenters. The Labute approximate surface area is 164 Å². The lowest BCUT2D eigenvalue weighted by molar-refractivity contribution is -0.122. The molecule has 1 amide bonds. The number of amidine groups is 1. The van der Waals surface area contributed by atoms with Crippen molar-refractivity contribution in [2.45, 2.75) is 12.3 Å². The summed E-state index contributed by atoms with van der Waals surface area (Å²) in [6, 6.07) is 16.5. The number of halogens is 1. The first-order chi connectivity index (χ1) is 13.6. The third kappa shape index (κ3) is 2.73. The molecular formula is C21H14ClN3O3. The minimum Gasteiger partial charge on any atom is -0.422 e. The van der Waals surface area contributed by atoms with Crippen LogP contribution >= 0.6 is 11.6 Å². The van der Waals surface area contributed by atoms with Gasteiger partial charge in [0, 0.05) is 16.3 Å². The number of carbonyl (C=O) groups is 1. The normalized spacial score (nSPS) is 21.1. The molecule has 2 aliphatic heterocycles. The van der Waals surface area contributed by atoms with Crippen LogP contribution in [0.3, 0.4) is 0 Å². The predicted octanol–water partition coefficient (Wildman–Crippen LogP) is 3.48. The number of amides is 1. The number of nitrogens with one attached hydrogen (secondary N) is 1. The average molecular weight is 392 g/mol. The molecule has 6 nitrogen and oxygen atoms in total. The van der Waals surface area contributed by atoms with Gasteiger partial charge in [0.2, 0.25) is 0 Å². The largest absolute Gasteiger partial charge is 0.422 e. The van der Waals surface area contributed by atoms with Crippen LogP contribution in [0.4, 0.5) is 0 Å². The molecule has 3 aromatic rings. The Balaban J connectivity index is 1.64. The number of hydrogen-bond acceptors (Lipinski definition) is 5. The molecule has 3 heterocycles. The van der Waals surface area contributed by atoms with Crippen molar-refractivity contribution in [3.8, 4) is 0 Å². The molecule has 0 radical (unpaired) electrons. The van der Waals surface area contributed by atoms with Crippen molar-refractivity contribution in [3.05, 3.63) is 81.2 Å². The lowest BCUT2D eigenvalue weighted by Crippen LogP contribution is -2.35. The SMILES string of the molecule is O=C1NN=C2N=C(c3cc4ccccc4oc3=O)CC(c3ccc(Cl)cc3)C12. The number of fused-ring (bicyclic) bond motifs is 2. The maximum atomic E-state index is 12.6. The maximum Gasteiger partial charge on any atom is 0.345 e. The van der Waals surface area contributed by atoms with Crippen LogP contribution < -0.4 is 11.1 Å². The zero-order valence-corrected chi connectivity index (χ0v) is 15.3. The third-order valence-corrected chi connectivity index (χ3v) is 5.41. The second-order valence-electron chi connectivity index (χ2n) is 6.83. The molecule has 0 spiro atoms. The molecule has 5 rings (SSSR count). The van der Waals surface area contributed by atoms with Gasteiger partial charge in [-0.3, -0.25) is 4.79 Å². The number of hydrazone groups is 1. The van der Waals surface area contributed by atoms with Gasteiger partial charge in [-0.2, -0.15) is 5.10 Å². The van der Waals surface area contributed by atoms with Crippen molar-refractivity contribution < 1.29 is 9.21 Å². The molecule has 0 saturated heterocycles. The van der Waals surface area contributed by atoms with Gasteiger partial charge in [0.1, 0.15) is 11.5 Å². The minimum atomic E-state index is -0.488. The number of hydrogen-bond donors (Lipinski definition) is 1. The highest BCUT2D eigenvalue weighted by Gasteiger charge is 2.42. The van der Waals surface area contributed by atoms with Gasteiger partial charge >= 0.3 is 5.63 Å². The lowest BCUT2D eigenvalue weighted by Gasteiger charge is -2.27. The quantitative estimate of drug-likeness (QED) is 0.679. The molecule has 0 bridgehead atoms. The summed E-state index contributed by atoms with van der Waals surface area (Å²) in [5, 5.41) is 5.50. The second kappa shape index (κ2) is 6.42. The zero-order valence-electron chi connectivity index (χ0n) is 14.6. The van der Waals surface area contributed by atoms with E-state index < -0.39 is 11.5 Å². The monoisotopic (exact) mass is 391 g/mol. The number of benzene rings is 2. The first-order valence-corrected chi connectivity index (χ1v) is 9.22. The first-order valence-electron chi connectivity index (χ1n) is 8.84. The molecule has 0 saturated carbocycles. The average Bonchev–Trinajstić information content (AvgIpc) is 3.08. The van der Waals surface area contributed by atoms with E-state index >= 15 is 0 Å². The Morgan fingerprint density at radius 2 is 1.86 bits per heavy atom. The van der Waals surface area contributed by atoms with Crippen molar-refractivity contribution in [1.82, 2.24) is 5.43 Å². The van der Waals surface area contributed by atoms with Crippen LogP contribution in [0.2, 0.25) is 5.02 Å². The van der Waals surface area contributed by atoms with Crippen molar-refractivity contribution in [2.75, 3.05) is 0 Å². The number of rotatable bonds is 2. The van der Waals surface area contributed by atoms with E-state index in [1.54, 1.807) is 24.3 Å². The summed E-state index contributed by atoms with van der Waals surface area (Å²) in [5.74, 6) is -0.489. The van der Waals surface area contributed by atoms with E-state index in [0.29, 0.717) is 34.1 Å². The lowest BCUT2D eigenvalue weighted by atomic mass is 9.78. The van der Waals surface area contributed by atoms with Crippen LogP contribution in [0.5, 0.6) is 0 Å². The van der Waals surface area contributed by atoms with E-state index in [-0.39, 0.29) is 11.8 Å². The summed E-state index contributed by atoms with van der Waals surface area (Å²) >= 11 is 6.01. The zero-order chi connectivity index (χ0) is 19.3. The predicted molar refractivity (Wildman–Crippen MR) is 107 cm³/mol. The molecule has 0 fully saturated rings. The van der Waals surface area contributed by atoms with Crippen LogP contribution in [0, 0.1) is 5.92 Å². The fraction of sp³-hybridized carbons (Fsp3) is 0.143. The summed E-state index contributed by atoms with van der Waals surface area (Å²) in [6.07, 6.45) is 0.418. The number of aliphatic imine (C=N–C) groups is 1. The van der Waals surface area contributed by atoms with Gasteiger partial charge < -0.3 is 4.42 Å². The van der Waals surface area contributed by atoms with Gasteiger partial charge in [0.25, 0.3) is 5.91 Å². The van der Waals surface area contributed by atoms with Crippen molar-refractivity contribution in [3.63, 3.8) is 0 Å². The molecule has 0 aliphatic carbocycles. The highest BCUT2D eigenvalue weighted by Crippen LogP contribution is 2.37. The van der Waals surface area contributed by atoms with E-state index in [2.05, 4.69) is 15.5 Å². The van der Waals surface area contributed by atoms with Crippen LogP contribution in [-0.4, -0.2) is 17.5 Å². The van der Waals surface area contributed by atoms with Crippen LogP contribution in [0.15, 0.2) is 73.9 Å². The van der Waals surface area contributed by atoms with E-state index in [1.807, 2.05) is 30.3 Å². The van der Waals surface area contributed by atoms with Gasteiger partial charge in [-0.05, 0) is 36.2 Å². The topological polar surface area (TPSA) is 84.0 Å². The molecule has 7 heteroatoms. The van der Waals surface area contributed by atoms with Gasteiger partial charge in [-0.1, -0.05) is 41.9 Å². The standard InChI is InChI=1S/C21H14ClN3O3/c22-13-7-5-11(6-8-13)14-10-16(23-19-18(14)20(26)25-24-19)15-9-12-3-1-2-4-17(12)28-21(15)27/h1-9,14,18H,10H2,(H,25,26). The van der Waals surface area contributed by atoms with Gasteiger partial charge in [-0.25, -0.2) is 15.2 Å². The molecule has 2 aromatic carbocycles. The highest BCUT2D eigenvalue weighted by atomic mass is 35.5. The van der Waals surface area contributed by atoms with Crippen LogP contribution in [0.1, 0.15) is 23.5 Å². The summed E-state index contributed by atoms with van der Waals surface area (Å²) in [7, 11) is 0. The van der Waals surface area contributed by atoms with E-state index in [1.165, 1.54) is 0 Å². The Kier molecular flexibility index (Phi) is 3.87. The minimum absolute atomic E-state index is 0.191. The van der Waals surface area contributed by atoms with Crippen molar-refractivity contribution in [1.29, 1.82) is 0 Å². The van der Waals surface area contributed by atoms with Crippen LogP contribution in [0.25, 0.3) is 11.0 Å². The number of nitrogens with zero attached hydrogens (tertiary/aromatic N) is 2. The molecular weight excluding hydrogens is 378 g/mol. The summed E-state index contributed by atoms with van der Waals surface area (Å²) < 4.78 is 5.46. The smallest absolute Gasteiger partial charge is 0.345 e. The maximum absolute atomic E-state index is 12.6. The number of para-hydroxylation sites is 1. The highest BCUT2D eigenvalue weighted by molar-refractivity contribution is 6.30. The van der Waals surface area contributed by atoms with Crippen molar-refractivity contribution in [2.24, 2.45) is 16.0 Å². The first kappa shape index (κ1) is 16.9. The van der Waals surface area contributed by atoms with Gasteiger partial charge in [0.15, 0.2) is 5.84 Å². The number of carbonyl (C=O) groups excluding carboxylic acids is 1. The Morgan fingerprint density at radius 1 is 1.07 bits per heavy atom. The molecule has 138 valence electrons. The van der Waals surface area contributed by atoms with Gasteiger partial charge in [-0.15, -0.1) is 0 Å². The molecule has 28 heavy (non-hydrogen) atoms. The molecule has 1 N–H and O–H groups in total. The van der Waals surface area contributed by atoms with Crippen molar-refractivity contribution >= 4 is 40.0 Å². The molecule has 2 atom stereocenters. The Hall–Kier alpha value is -3.25. The fourth-order valence-electron chi connectivity index (χ4n) is 3.79. The van der Waals surface area contributed by atoms with Crippen LogP contribution in [-0.2, 0) is 4.79 Å². The summed E-state index contributed by atoms with van der Waals surface area (Å²) in [5.41, 5.74) is 4.46. The summed E-state index contributed by atoms with van der Waals surface area (Å²) in [6.45, 7) is 0. The molecule has 1 aromatic heterocycles. The van der Waals surface area contributed by atoms with E-state index in [0.717, 1.165) is 10.9 Å². The third-order valence-electron chi connectivity index (χ3n) is 5.16. The molecule has 2 aliphatic rings. The van der Waals surface area contributed by atoms with E-state index in [4.69, 9.17) is 16.0 Å². The Morgan fingerprint density at radius 3 is 2.68 bits per heavy atom. The Bertz CT molecular complexity index is 1230. The summed E-state index contributed by atoms with van der Waals surface area (Å²) in [4.78, 5) is 29.5. The van der Waals surface area contributed by atoms with E-state index in [9.17, 15) is 9.59 Å². The second-order valence-corrected chi connectivity index (χ2v) is 7.27. The van der Waals surface area contributed by atoms with Gasteiger partial charge in [0.05, 0.1) is 11.3 Å². The fourth-order valence-corrected chi connectivity index (χ4v) is 3.92.